The molecule has 3 rings (SSSR count). The lowest BCUT2D eigenvalue weighted by molar-refractivity contribution is 0.188. The zero-order valence-electron chi connectivity index (χ0n) is 15.7. The summed E-state index contributed by atoms with van der Waals surface area (Å²) in [4.78, 5) is 5.41. The van der Waals surface area contributed by atoms with E-state index >= 15 is 0 Å². The second-order valence-corrected chi connectivity index (χ2v) is 7.99. The Hall–Kier alpha value is -0.0800. The Morgan fingerprint density at radius 1 is 0.188 bits per heavy atom. The zero-order valence-corrected chi connectivity index (χ0v) is 15.7. The van der Waals surface area contributed by atoms with Gasteiger partial charge in [-0.2, -0.15) is 0 Å². The van der Waals surface area contributed by atoms with Gasteiger partial charge >= 0.3 is 0 Å². The van der Waals surface area contributed by atoms with Crippen molar-refractivity contribution in [1.82, 2.24) is 9.80 Å². The maximum atomic E-state index is 2.70. The molecule has 3 fully saturated rings. The molecular weight excluding hydrogens is 388 g/mol. The molecule has 3 aliphatic rings. The van der Waals surface area contributed by atoms with Gasteiger partial charge in [-0.15, -0.1) is 0 Å². The highest BCUT2D eigenvalue weighted by Crippen LogP contribution is 2.15. The predicted molar refractivity (Wildman–Crippen MR) is 163 cm³/mol. The molecule has 0 unspecified atom stereocenters. The molecular formula is C30H78N2. The molecule has 2 heterocycles. The monoisotopic (exact) mass is 467 g/mol. The Bertz CT molecular complexity index is 214. The molecule has 2 nitrogen and oxygen atoms in total. The van der Waals surface area contributed by atoms with Crippen molar-refractivity contribution in [3.8, 4) is 0 Å². The predicted octanol–water partition coefficient (Wildman–Crippen LogP) is 11.2. The topological polar surface area (TPSA) is 6.48 Å². The summed E-state index contributed by atoms with van der Waals surface area (Å²) in [7, 11) is 0. The number of hydrogen-bond donors (Lipinski definition) is 0. The zero-order chi connectivity index (χ0) is 16.0. The van der Waals surface area contributed by atoms with Crippen LogP contribution in [0.3, 0.4) is 0 Å². The van der Waals surface area contributed by atoms with Crippen LogP contribution in [0.25, 0.3) is 0 Å². The van der Waals surface area contributed by atoms with Gasteiger partial charge in [0.15, 0.2) is 0 Å². The van der Waals surface area contributed by atoms with Crippen LogP contribution < -0.4 is 0 Å². The summed E-state index contributed by atoms with van der Waals surface area (Å²) in [5, 5.41) is 0. The number of rotatable bonds is 0. The van der Waals surface area contributed by atoms with Gasteiger partial charge in [-0.3, -0.25) is 0 Å². The molecule has 208 valence electrons. The Morgan fingerprint density at radius 3 is 0.562 bits per heavy atom. The van der Waals surface area contributed by atoms with Gasteiger partial charge in [-0.1, -0.05) is 131 Å². The first-order valence-corrected chi connectivity index (χ1v) is 10.9. The average Bonchev–Trinajstić information content (AvgIpc) is 2.53. The lowest BCUT2D eigenvalue weighted by Gasteiger charge is -2.29. The van der Waals surface area contributed by atoms with Crippen LogP contribution >= 0.6 is 0 Å². The lowest BCUT2D eigenvalue weighted by Crippen LogP contribution is -2.35. The molecule has 0 aromatic heterocycles. The van der Waals surface area contributed by atoms with E-state index in [2.05, 4.69) is 9.80 Å². The van der Waals surface area contributed by atoms with Crippen LogP contribution in [0.5, 0.6) is 0 Å². The van der Waals surface area contributed by atoms with E-state index in [4.69, 9.17) is 0 Å². The van der Waals surface area contributed by atoms with Crippen molar-refractivity contribution in [2.45, 2.75) is 163 Å². The van der Waals surface area contributed by atoms with Crippen molar-refractivity contribution in [3.63, 3.8) is 0 Å². The third-order valence-electron chi connectivity index (χ3n) is 5.85. The molecule has 1 saturated carbocycles. The van der Waals surface area contributed by atoms with Crippen LogP contribution in [-0.2, 0) is 0 Å². The summed E-state index contributed by atoms with van der Waals surface area (Å²) in [5.41, 5.74) is 0. The molecule has 0 spiro atoms. The average molecular weight is 467 g/mol. The summed E-state index contributed by atoms with van der Waals surface area (Å²) >= 11 is 0. The molecule has 0 aromatic carbocycles. The Labute approximate surface area is 212 Å². The molecule has 2 heteroatoms. The molecule has 0 amide bonds. The number of fused-ring (bicyclic) bond motifs is 4. The number of hydrogen-bond acceptors (Lipinski definition) is 2. The molecule has 0 radical (unpaired) electrons. The van der Waals surface area contributed by atoms with Crippen molar-refractivity contribution >= 4 is 0 Å². The molecule has 0 aromatic rings. The van der Waals surface area contributed by atoms with E-state index < -0.39 is 0 Å². The first kappa shape index (κ1) is 53.3. The van der Waals surface area contributed by atoms with E-state index in [0.717, 1.165) is 0 Å². The molecule has 32 heavy (non-hydrogen) atoms. The van der Waals surface area contributed by atoms with Gasteiger partial charge in [0.1, 0.15) is 0 Å². The van der Waals surface area contributed by atoms with Gasteiger partial charge in [0.25, 0.3) is 0 Å². The van der Waals surface area contributed by atoms with E-state index in [1.165, 1.54) is 136 Å². The molecule has 0 atom stereocenters. The van der Waals surface area contributed by atoms with Crippen LogP contribution in [0.15, 0.2) is 0 Å². The maximum absolute atomic E-state index is 2.70. The minimum Gasteiger partial charge on any atom is -0.303 e. The fourth-order valence-corrected chi connectivity index (χ4v) is 4.30. The van der Waals surface area contributed by atoms with E-state index in [0.29, 0.717) is 0 Å². The van der Waals surface area contributed by atoms with Crippen molar-refractivity contribution in [2.24, 2.45) is 0 Å². The van der Waals surface area contributed by atoms with Gasteiger partial charge in [0, 0.05) is 0 Å². The molecule has 2 saturated heterocycles. The quantitative estimate of drug-likeness (QED) is 0.350. The minimum absolute atomic E-state index is 0. The third kappa shape index (κ3) is 28.0. The van der Waals surface area contributed by atoms with Crippen molar-refractivity contribution in [1.29, 1.82) is 0 Å². The Kier molecular flexibility index (Phi) is 63.7. The van der Waals surface area contributed by atoms with Crippen LogP contribution in [-0.4, -0.2) is 49.1 Å². The summed E-state index contributed by atoms with van der Waals surface area (Å²) in [6, 6.07) is 0. The van der Waals surface area contributed by atoms with Gasteiger partial charge in [0.05, 0.1) is 0 Å². The largest absolute Gasteiger partial charge is 0.303 e. The number of nitrogens with zero attached hydrogens (tertiary/aromatic N) is 2. The SMILES string of the molecule is C.C.C.C.C.C.C.C.C.C1CCCCCCC1.C1CCN2CCCCCN(CC1)CCC2. The van der Waals surface area contributed by atoms with Crippen LogP contribution in [0.4, 0.5) is 0 Å². The summed E-state index contributed by atoms with van der Waals surface area (Å²) in [5.74, 6) is 0. The van der Waals surface area contributed by atoms with Crippen molar-refractivity contribution in [3.05, 3.63) is 0 Å². The van der Waals surface area contributed by atoms with E-state index in [9.17, 15) is 0 Å². The highest BCUT2D eigenvalue weighted by molar-refractivity contribution is 4.68. The Morgan fingerprint density at radius 2 is 0.344 bits per heavy atom. The van der Waals surface area contributed by atoms with Gasteiger partial charge in [-0.25, -0.2) is 0 Å². The smallest absolute Gasteiger partial charge is 0.000655 e. The second kappa shape index (κ2) is 38.2. The first-order chi connectivity index (χ1) is 11.4. The summed E-state index contributed by atoms with van der Waals surface area (Å²) < 4.78 is 0. The van der Waals surface area contributed by atoms with E-state index in [1.54, 1.807) is 0 Å². The van der Waals surface area contributed by atoms with Gasteiger partial charge < -0.3 is 9.80 Å². The van der Waals surface area contributed by atoms with Crippen LogP contribution in [0.2, 0.25) is 0 Å². The molecule has 2 bridgehead atoms. The lowest BCUT2D eigenvalue weighted by atomic mass is 10.0. The molecule has 1 aliphatic carbocycles. The van der Waals surface area contributed by atoms with E-state index in [1.807, 2.05) is 0 Å². The van der Waals surface area contributed by atoms with E-state index in [-0.39, 0.29) is 66.8 Å². The minimum atomic E-state index is 0. The molecule has 0 N–H and O–H groups in total. The van der Waals surface area contributed by atoms with Gasteiger partial charge in [-0.05, 0) is 71.4 Å². The van der Waals surface area contributed by atoms with Crippen LogP contribution in [0.1, 0.15) is 163 Å². The normalized spacial score (nSPS) is 22.5. The Balaban J connectivity index is -0.0000000510. The highest BCUT2D eigenvalue weighted by atomic mass is 15.1. The third-order valence-corrected chi connectivity index (χ3v) is 5.85. The van der Waals surface area contributed by atoms with Gasteiger partial charge in [0.2, 0.25) is 0 Å². The second-order valence-electron chi connectivity index (χ2n) is 7.99. The molecule has 2 aliphatic heterocycles. The maximum Gasteiger partial charge on any atom is -0.000655 e. The van der Waals surface area contributed by atoms with Crippen molar-refractivity contribution in [2.75, 3.05) is 39.3 Å². The first-order valence-electron chi connectivity index (χ1n) is 10.9. The fourth-order valence-electron chi connectivity index (χ4n) is 4.30. The van der Waals surface area contributed by atoms with Crippen LogP contribution in [0, 0.1) is 0 Å². The summed E-state index contributed by atoms with van der Waals surface area (Å²) in [6.45, 7) is 8.13. The standard InChI is InChI=1S/C13H26N2.C8H16.9CH4/c1-3-8-14-10-5-2-6-11-15(9-4-1)13-7-12-14;1-2-4-6-8-7-5-3-1;;;;;;;;;/h1-13H2;1-8H2;9*1H4. The summed E-state index contributed by atoms with van der Waals surface area (Å²) in [6.07, 6.45) is 22.0. The van der Waals surface area contributed by atoms with Crippen molar-refractivity contribution < 1.29 is 0 Å². The fraction of sp³-hybridized carbons (Fsp3) is 1.00. The highest BCUT2D eigenvalue weighted by Gasteiger charge is 2.12.